The molecule has 1 atom stereocenters. The standard InChI is InChI=1S/C22H25N5O/c28-12-15-8-21-24-9-18(27(21)11-16(15)14-4-5-14)17-2-1-3-20(25-17)26-19-10-23-13-22(19)6-7-22/h1-3,8-9,11,14,19,23,28H,4-7,10,12-13H2,(H,25,26)/t19-/m0/s1. The molecule has 3 aromatic rings. The van der Waals surface area contributed by atoms with E-state index in [9.17, 15) is 5.11 Å². The van der Waals surface area contributed by atoms with Crippen LogP contribution < -0.4 is 10.6 Å². The van der Waals surface area contributed by atoms with Crippen molar-refractivity contribution in [3.05, 3.63) is 47.8 Å². The molecule has 6 nitrogen and oxygen atoms in total. The predicted octanol–water partition coefficient (Wildman–Crippen LogP) is 2.93. The number of fused-ring (bicyclic) bond motifs is 1. The molecule has 3 aromatic heterocycles. The lowest BCUT2D eigenvalue weighted by Gasteiger charge is -2.19. The number of aliphatic hydroxyl groups excluding tert-OH is 1. The molecule has 0 amide bonds. The molecule has 0 aromatic carbocycles. The second-order valence-corrected chi connectivity index (χ2v) is 8.66. The van der Waals surface area contributed by atoms with Crippen molar-refractivity contribution >= 4 is 11.5 Å². The minimum absolute atomic E-state index is 0.0688. The zero-order valence-electron chi connectivity index (χ0n) is 15.9. The lowest BCUT2D eigenvalue weighted by atomic mass is 10.0. The topological polar surface area (TPSA) is 74.5 Å². The van der Waals surface area contributed by atoms with Crippen molar-refractivity contribution in [3.8, 4) is 11.4 Å². The second-order valence-electron chi connectivity index (χ2n) is 8.66. The Labute approximate surface area is 164 Å². The van der Waals surface area contributed by atoms with Gasteiger partial charge in [0.05, 0.1) is 24.2 Å². The van der Waals surface area contributed by atoms with Gasteiger partial charge in [0.1, 0.15) is 11.5 Å². The molecule has 0 unspecified atom stereocenters. The van der Waals surface area contributed by atoms with Crippen molar-refractivity contribution in [1.82, 2.24) is 19.7 Å². The van der Waals surface area contributed by atoms with Crippen LogP contribution in [0.25, 0.3) is 17.0 Å². The Morgan fingerprint density at radius 1 is 1.29 bits per heavy atom. The molecule has 28 heavy (non-hydrogen) atoms. The van der Waals surface area contributed by atoms with Crippen LogP contribution in [0.5, 0.6) is 0 Å². The molecule has 0 bridgehead atoms. The van der Waals surface area contributed by atoms with Gasteiger partial charge in [-0.05, 0) is 60.9 Å². The van der Waals surface area contributed by atoms with E-state index in [1.165, 1.54) is 31.2 Å². The van der Waals surface area contributed by atoms with Crippen LogP contribution in [0, 0.1) is 5.41 Å². The maximum atomic E-state index is 9.74. The minimum Gasteiger partial charge on any atom is -0.392 e. The Kier molecular flexibility index (Phi) is 3.55. The number of aliphatic hydroxyl groups is 1. The Morgan fingerprint density at radius 2 is 2.18 bits per heavy atom. The van der Waals surface area contributed by atoms with Crippen molar-refractivity contribution in [3.63, 3.8) is 0 Å². The SMILES string of the molecule is OCc1cc2ncc(-c3cccc(N[C@H]4CNCC45CC5)n3)n2cc1C1CC1. The first-order valence-corrected chi connectivity index (χ1v) is 10.3. The summed E-state index contributed by atoms with van der Waals surface area (Å²) < 4.78 is 2.12. The zero-order chi connectivity index (χ0) is 18.7. The molecule has 2 aliphatic carbocycles. The monoisotopic (exact) mass is 375 g/mol. The van der Waals surface area contributed by atoms with Crippen molar-refractivity contribution in [2.45, 2.75) is 44.2 Å². The fourth-order valence-corrected chi connectivity index (χ4v) is 4.70. The highest BCUT2D eigenvalue weighted by Crippen LogP contribution is 2.51. The lowest BCUT2D eigenvalue weighted by molar-refractivity contribution is 0.280. The zero-order valence-corrected chi connectivity index (χ0v) is 15.9. The van der Waals surface area contributed by atoms with Gasteiger partial charge in [-0.1, -0.05) is 6.07 Å². The summed E-state index contributed by atoms with van der Waals surface area (Å²) in [6.45, 7) is 2.20. The van der Waals surface area contributed by atoms with Crippen molar-refractivity contribution in [2.75, 3.05) is 18.4 Å². The van der Waals surface area contributed by atoms with Gasteiger partial charge in [-0.25, -0.2) is 9.97 Å². The van der Waals surface area contributed by atoms with E-state index in [1.807, 2.05) is 18.3 Å². The highest BCUT2D eigenvalue weighted by atomic mass is 16.3. The van der Waals surface area contributed by atoms with E-state index in [4.69, 9.17) is 4.98 Å². The van der Waals surface area contributed by atoms with Crippen LogP contribution in [-0.4, -0.2) is 38.6 Å². The molecule has 1 saturated heterocycles. The van der Waals surface area contributed by atoms with Crippen LogP contribution in [0.4, 0.5) is 5.82 Å². The van der Waals surface area contributed by atoms with E-state index in [1.54, 1.807) is 0 Å². The first kappa shape index (κ1) is 16.5. The number of hydrogen-bond donors (Lipinski definition) is 3. The quantitative estimate of drug-likeness (QED) is 0.639. The molecule has 6 heteroatoms. The Hall–Kier alpha value is -2.44. The number of rotatable bonds is 5. The van der Waals surface area contributed by atoms with Gasteiger partial charge < -0.3 is 15.7 Å². The first-order valence-electron chi connectivity index (χ1n) is 10.3. The van der Waals surface area contributed by atoms with Crippen LogP contribution in [0.3, 0.4) is 0 Å². The maximum Gasteiger partial charge on any atom is 0.137 e. The second kappa shape index (κ2) is 6.03. The summed E-state index contributed by atoms with van der Waals surface area (Å²) >= 11 is 0. The number of anilines is 1. The number of aromatic nitrogens is 3. The summed E-state index contributed by atoms with van der Waals surface area (Å²) in [4.78, 5) is 9.48. The van der Waals surface area contributed by atoms with Gasteiger partial charge in [0.25, 0.3) is 0 Å². The number of pyridine rings is 2. The van der Waals surface area contributed by atoms with E-state index in [-0.39, 0.29) is 6.61 Å². The average Bonchev–Trinajstić information content (AvgIpc) is 3.62. The molecule has 2 saturated carbocycles. The van der Waals surface area contributed by atoms with Crippen LogP contribution in [0.15, 0.2) is 36.7 Å². The van der Waals surface area contributed by atoms with Gasteiger partial charge in [-0.15, -0.1) is 0 Å². The van der Waals surface area contributed by atoms with Gasteiger partial charge >= 0.3 is 0 Å². The number of hydrogen-bond acceptors (Lipinski definition) is 5. The van der Waals surface area contributed by atoms with Gasteiger partial charge in [0, 0.05) is 30.7 Å². The molecule has 144 valence electrons. The Bertz CT molecular complexity index is 1050. The van der Waals surface area contributed by atoms with E-state index < -0.39 is 0 Å². The Morgan fingerprint density at radius 3 is 2.96 bits per heavy atom. The molecule has 1 aliphatic heterocycles. The highest BCUT2D eigenvalue weighted by molar-refractivity contribution is 5.63. The molecular weight excluding hydrogens is 350 g/mol. The van der Waals surface area contributed by atoms with Crippen molar-refractivity contribution in [2.24, 2.45) is 5.41 Å². The van der Waals surface area contributed by atoms with Crippen LogP contribution in [-0.2, 0) is 6.61 Å². The minimum atomic E-state index is 0.0688. The first-order chi connectivity index (χ1) is 13.8. The van der Waals surface area contributed by atoms with E-state index in [2.05, 4.69) is 38.3 Å². The average molecular weight is 375 g/mol. The maximum absolute atomic E-state index is 9.74. The van der Waals surface area contributed by atoms with Gasteiger partial charge in [0.2, 0.25) is 0 Å². The number of imidazole rings is 1. The lowest BCUT2D eigenvalue weighted by Crippen LogP contribution is -2.29. The van der Waals surface area contributed by atoms with Crippen LogP contribution in [0.1, 0.15) is 42.7 Å². The number of nitrogens with zero attached hydrogens (tertiary/aromatic N) is 3. The van der Waals surface area contributed by atoms with E-state index >= 15 is 0 Å². The van der Waals surface area contributed by atoms with Crippen molar-refractivity contribution < 1.29 is 5.11 Å². The van der Waals surface area contributed by atoms with Crippen molar-refractivity contribution in [1.29, 1.82) is 0 Å². The summed E-state index contributed by atoms with van der Waals surface area (Å²) in [7, 11) is 0. The third-order valence-electron chi connectivity index (χ3n) is 6.75. The highest BCUT2D eigenvalue weighted by Gasteiger charge is 2.52. The third kappa shape index (κ3) is 2.63. The number of nitrogens with one attached hydrogen (secondary N) is 2. The molecule has 0 radical (unpaired) electrons. The molecule has 4 heterocycles. The summed E-state index contributed by atoms with van der Waals surface area (Å²) in [5.74, 6) is 1.51. The summed E-state index contributed by atoms with van der Waals surface area (Å²) in [5, 5.41) is 16.9. The predicted molar refractivity (Wildman–Crippen MR) is 108 cm³/mol. The molecular formula is C22H25N5O. The smallest absolute Gasteiger partial charge is 0.137 e. The van der Waals surface area contributed by atoms with E-state index in [0.717, 1.165) is 41.5 Å². The van der Waals surface area contributed by atoms with Gasteiger partial charge in [-0.3, -0.25) is 4.40 Å². The summed E-state index contributed by atoms with van der Waals surface area (Å²) in [6.07, 6.45) is 9.07. The van der Waals surface area contributed by atoms with Gasteiger partial charge in [-0.2, -0.15) is 0 Å². The molecule has 3 fully saturated rings. The largest absolute Gasteiger partial charge is 0.392 e. The normalized spacial score (nSPS) is 22.8. The van der Waals surface area contributed by atoms with E-state index in [0.29, 0.717) is 17.4 Å². The third-order valence-corrected chi connectivity index (χ3v) is 6.75. The molecule has 3 N–H and O–H groups in total. The van der Waals surface area contributed by atoms with Gasteiger partial charge in [0.15, 0.2) is 0 Å². The van der Waals surface area contributed by atoms with Crippen LogP contribution >= 0.6 is 0 Å². The summed E-state index contributed by atoms with van der Waals surface area (Å²) in [6, 6.07) is 8.65. The molecule has 1 spiro atoms. The summed E-state index contributed by atoms with van der Waals surface area (Å²) in [5.41, 5.74) is 5.47. The van der Waals surface area contributed by atoms with Crippen LogP contribution in [0.2, 0.25) is 0 Å². The molecule has 6 rings (SSSR count). The fourth-order valence-electron chi connectivity index (χ4n) is 4.70. The fraction of sp³-hybridized carbons (Fsp3) is 0.455. The Balaban J connectivity index is 1.36. The molecule has 3 aliphatic rings.